The molecule has 188 valence electrons. The van der Waals surface area contributed by atoms with Crippen molar-refractivity contribution in [3.8, 4) is 0 Å². The third-order valence-corrected chi connectivity index (χ3v) is 13.2. The summed E-state index contributed by atoms with van der Waals surface area (Å²) in [6, 6.07) is 0. The normalized spacial score (nSPS) is 57.8. The molecule has 0 aliphatic heterocycles. The average Bonchev–Trinajstić information content (AvgIpc) is 2.73. The van der Waals surface area contributed by atoms with Gasteiger partial charge in [0.15, 0.2) is 0 Å². The van der Waals surface area contributed by atoms with Crippen LogP contribution in [0.1, 0.15) is 106 Å². The van der Waals surface area contributed by atoms with Gasteiger partial charge in [0.2, 0.25) is 0 Å². The van der Waals surface area contributed by atoms with Crippen molar-refractivity contribution in [2.24, 2.45) is 50.2 Å². The van der Waals surface area contributed by atoms with Crippen LogP contribution in [0.5, 0.6) is 0 Å². The largest absolute Gasteiger partial charge is 0.396 e. The summed E-state index contributed by atoms with van der Waals surface area (Å²) >= 11 is 0. The van der Waals surface area contributed by atoms with E-state index in [2.05, 4.69) is 54.5 Å². The number of hydrogen-bond acceptors (Lipinski definition) is 3. The summed E-state index contributed by atoms with van der Waals surface area (Å²) in [6.07, 6.45) is 11.6. The molecule has 0 bridgehead atoms. The van der Waals surface area contributed by atoms with Gasteiger partial charge < -0.3 is 15.3 Å². The van der Waals surface area contributed by atoms with Gasteiger partial charge in [-0.05, 0) is 97.2 Å². The monoisotopic (exact) mass is 458 g/mol. The van der Waals surface area contributed by atoms with E-state index in [0.717, 1.165) is 38.5 Å². The van der Waals surface area contributed by atoms with E-state index in [1.54, 1.807) is 5.57 Å². The van der Waals surface area contributed by atoms with Gasteiger partial charge in [-0.15, -0.1) is 0 Å². The van der Waals surface area contributed by atoms with Crippen LogP contribution in [0.2, 0.25) is 0 Å². The first-order chi connectivity index (χ1) is 15.2. The average molecular weight is 459 g/mol. The summed E-state index contributed by atoms with van der Waals surface area (Å²) in [7, 11) is 0. The lowest BCUT2D eigenvalue weighted by Gasteiger charge is -2.72. The van der Waals surface area contributed by atoms with Crippen molar-refractivity contribution in [2.45, 2.75) is 118 Å². The van der Waals surface area contributed by atoms with E-state index in [0.29, 0.717) is 23.2 Å². The van der Waals surface area contributed by atoms with Gasteiger partial charge >= 0.3 is 0 Å². The highest BCUT2D eigenvalue weighted by Crippen LogP contribution is 2.75. The van der Waals surface area contributed by atoms with E-state index >= 15 is 0 Å². The van der Waals surface area contributed by atoms with Crippen LogP contribution >= 0.6 is 0 Å². The van der Waals surface area contributed by atoms with E-state index in [1.807, 2.05) is 0 Å². The number of fused-ring (bicyclic) bond motifs is 7. The third-order valence-electron chi connectivity index (χ3n) is 13.2. The van der Waals surface area contributed by atoms with E-state index in [-0.39, 0.29) is 34.4 Å². The summed E-state index contributed by atoms with van der Waals surface area (Å²) in [5.74, 6) is 1.38. The third kappa shape index (κ3) is 2.91. The topological polar surface area (TPSA) is 60.7 Å². The molecule has 3 heteroatoms. The maximum absolute atomic E-state index is 12.0. The fourth-order valence-electron chi connectivity index (χ4n) is 10.7. The van der Waals surface area contributed by atoms with Gasteiger partial charge in [-0.3, -0.25) is 0 Å². The second kappa shape index (κ2) is 7.10. The van der Waals surface area contributed by atoms with Crippen LogP contribution in [0.25, 0.3) is 0 Å². The molecule has 5 rings (SSSR count). The summed E-state index contributed by atoms with van der Waals surface area (Å²) < 4.78 is 0. The Morgan fingerprint density at radius 1 is 0.818 bits per heavy atom. The predicted octanol–water partition coefficient (Wildman–Crippen LogP) is 6.11. The molecule has 3 N–H and O–H groups in total. The quantitative estimate of drug-likeness (QED) is 0.415. The van der Waals surface area contributed by atoms with Crippen molar-refractivity contribution in [3.63, 3.8) is 0 Å². The maximum Gasteiger partial charge on any atom is 0.0641 e. The van der Waals surface area contributed by atoms with Crippen molar-refractivity contribution in [1.29, 1.82) is 0 Å². The summed E-state index contributed by atoms with van der Waals surface area (Å²) in [5, 5.41) is 33.3. The molecule has 0 heterocycles. The number of hydrogen-bond donors (Lipinski definition) is 3. The molecule has 5 aliphatic rings. The summed E-state index contributed by atoms with van der Waals surface area (Å²) in [5.41, 5.74) is 1.69. The minimum atomic E-state index is -0.420. The fourth-order valence-corrected chi connectivity index (χ4v) is 10.7. The zero-order valence-corrected chi connectivity index (χ0v) is 22.4. The Hall–Kier alpha value is -0.380. The van der Waals surface area contributed by atoms with E-state index in [1.165, 1.54) is 19.3 Å². The molecule has 0 aromatic heterocycles. The first-order valence-corrected chi connectivity index (χ1v) is 13.9. The molecule has 0 saturated heterocycles. The van der Waals surface area contributed by atoms with E-state index < -0.39 is 11.5 Å². The Bertz CT molecular complexity index is 847. The van der Waals surface area contributed by atoms with Crippen molar-refractivity contribution >= 4 is 0 Å². The number of aliphatic hydroxyl groups excluding tert-OH is 3. The Labute approximate surface area is 202 Å². The van der Waals surface area contributed by atoms with E-state index in [9.17, 15) is 15.3 Å². The molecular weight excluding hydrogens is 408 g/mol. The van der Waals surface area contributed by atoms with Gasteiger partial charge in [-0.2, -0.15) is 0 Å². The van der Waals surface area contributed by atoms with Gasteiger partial charge in [0.25, 0.3) is 0 Å². The van der Waals surface area contributed by atoms with Crippen LogP contribution in [-0.4, -0.2) is 34.1 Å². The highest BCUT2D eigenvalue weighted by atomic mass is 16.3. The number of rotatable bonds is 1. The highest BCUT2D eigenvalue weighted by molar-refractivity contribution is 5.35. The fraction of sp³-hybridized carbons (Fsp3) is 0.933. The SMILES string of the molecule is CC1(C)CC[C@]2(C)C[C@H](O)[C@]3(C)C(=CC[C@@H]4[C@@]5(C)CC[C@H](O)C(C)(CO)C5CC[C@]43C)[C@H]2C1. The molecule has 0 radical (unpaired) electrons. The van der Waals surface area contributed by atoms with Crippen LogP contribution in [0.3, 0.4) is 0 Å². The first-order valence-electron chi connectivity index (χ1n) is 13.9. The van der Waals surface area contributed by atoms with Crippen LogP contribution in [0.4, 0.5) is 0 Å². The van der Waals surface area contributed by atoms with Crippen LogP contribution in [-0.2, 0) is 0 Å². The molecule has 3 nitrogen and oxygen atoms in total. The van der Waals surface area contributed by atoms with Crippen LogP contribution in [0.15, 0.2) is 11.6 Å². The Kier molecular flexibility index (Phi) is 5.23. The Balaban J connectivity index is 1.61. The lowest BCUT2D eigenvalue weighted by atomic mass is 9.33. The van der Waals surface area contributed by atoms with Crippen molar-refractivity contribution < 1.29 is 15.3 Å². The van der Waals surface area contributed by atoms with Gasteiger partial charge in [-0.25, -0.2) is 0 Å². The second-order valence-electron chi connectivity index (χ2n) is 15.2. The van der Waals surface area contributed by atoms with Crippen LogP contribution < -0.4 is 0 Å². The predicted molar refractivity (Wildman–Crippen MR) is 134 cm³/mol. The Morgan fingerprint density at radius 3 is 2.18 bits per heavy atom. The standard InChI is InChI=1S/C30H50O3/c1-25(2)14-15-26(3)17-24(33)30(7)19(20(26)16-25)8-9-22-27(4)12-11-23(32)28(5,18-31)21(27)10-13-29(22,30)6/h8,20-24,31-33H,9-18H2,1-7H3/t20-,21?,22-,23+,24+,26-,27+,28?,29-,30+/m1/s1. The molecule has 5 aliphatic carbocycles. The molecule has 4 fully saturated rings. The zero-order valence-electron chi connectivity index (χ0n) is 22.4. The minimum absolute atomic E-state index is 0.0450. The molecular formula is C30H50O3. The molecule has 0 aromatic carbocycles. The molecule has 0 amide bonds. The minimum Gasteiger partial charge on any atom is -0.396 e. The van der Waals surface area contributed by atoms with Gasteiger partial charge in [0.05, 0.1) is 18.8 Å². The lowest BCUT2D eigenvalue weighted by Crippen LogP contribution is -2.68. The van der Waals surface area contributed by atoms with Crippen LogP contribution in [0, 0.1) is 50.2 Å². The Morgan fingerprint density at radius 2 is 1.52 bits per heavy atom. The molecule has 10 atom stereocenters. The summed E-state index contributed by atoms with van der Waals surface area (Å²) in [6.45, 7) is 16.9. The molecule has 0 aromatic rings. The lowest BCUT2D eigenvalue weighted by molar-refractivity contribution is -0.231. The first kappa shape index (κ1) is 24.3. The van der Waals surface area contributed by atoms with Gasteiger partial charge in [-0.1, -0.05) is 60.1 Å². The van der Waals surface area contributed by atoms with Gasteiger partial charge in [0.1, 0.15) is 0 Å². The molecule has 4 saturated carbocycles. The van der Waals surface area contributed by atoms with Crippen molar-refractivity contribution in [1.82, 2.24) is 0 Å². The summed E-state index contributed by atoms with van der Waals surface area (Å²) in [4.78, 5) is 0. The second-order valence-corrected chi connectivity index (χ2v) is 15.2. The van der Waals surface area contributed by atoms with Crippen molar-refractivity contribution in [2.75, 3.05) is 6.61 Å². The smallest absolute Gasteiger partial charge is 0.0641 e. The maximum atomic E-state index is 12.0. The molecule has 0 spiro atoms. The molecule has 33 heavy (non-hydrogen) atoms. The highest BCUT2D eigenvalue weighted by Gasteiger charge is 2.70. The van der Waals surface area contributed by atoms with Gasteiger partial charge in [0, 0.05) is 10.8 Å². The van der Waals surface area contributed by atoms with E-state index in [4.69, 9.17) is 0 Å². The van der Waals surface area contributed by atoms with Crippen molar-refractivity contribution in [3.05, 3.63) is 11.6 Å². The zero-order chi connectivity index (χ0) is 24.2. The number of aliphatic hydroxyl groups is 3. The number of allylic oxidation sites excluding steroid dienone is 1. The molecule has 2 unspecified atom stereocenters.